The van der Waals surface area contributed by atoms with Gasteiger partial charge in [-0.25, -0.2) is 0 Å². The number of rotatable bonds is 4. The number of aryl methyl sites for hydroxylation is 2. The third kappa shape index (κ3) is 3.52. The fourth-order valence-corrected chi connectivity index (χ4v) is 3.15. The summed E-state index contributed by atoms with van der Waals surface area (Å²) in [5, 5.41) is 3.48. The Balaban J connectivity index is 1.78. The van der Waals surface area contributed by atoms with E-state index < -0.39 is 0 Å². The Morgan fingerprint density at radius 2 is 2.12 bits per heavy atom. The molecule has 1 saturated heterocycles. The zero-order chi connectivity index (χ0) is 12.3. The highest BCUT2D eigenvalue weighted by Crippen LogP contribution is 2.21. The summed E-state index contributed by atoms with van der Waals surface area (Å²) in [6.45, 7) is 7.75. The zero-order valence-electron chi connectivity index (χ0n) is 10.7. The van der Waals surface area contributed by atoms with Crippen molar-refractivity contribution in [2.75, 3.05) is 19.8 Å². The summed E-state index contributed by atoms with van der Waals surface area (Å²) in [4.78, 5) is 2.81. The number of nitrogens with two attached hydrogens (primary N) is 1. The van der Waals surface area contributed by atoms with Crippen molar-refractivity contribution in [1.82, 2.24) is 5.32 Å². The highest BCUT2D eigenvalue weighted by Gasteiger charge is 2.27. The van der Waals surface area contributed by atoms with E-state index in [0.717, 1.165) is 39.1 Å². The van der Waals surface area contributed by atoms with Crippen molar-refractivity contribution in [1.29, 1.82) is 0 Å². The molecule has 1 aromatic rings. The lowest BCUT2D eigenvalue weighted by atomic mass is 9.91. The molecule has 0 aliphatic carbocycles. The SMILES string of the molecule is Cc1cc(CNCC2(N)CCOCC2)sc1C. The monoisotopic (exact) mass is 254 g/mol. The second kappa shape index (κ2) is 5.48. The average Bonchev–Trinajstić information content (AvgIpc) is 2.59. The van der Waals surface area contributed by atoms with E-state index in [1.807, 2.05) is 11.3 Å². The normalized spacial score (nSPS) is 19.5. The summed E-state index contributed by atoms with van der Waals surface area (Å²) >= 11 is 1.87. The number of thiophene rings is 1. The second-order valence-corrected chi connectivity index (χ2v) is 6.37. The molecule has 1 aliphatic rings. The molecule has 0 unspecified atom stereocenters. The molecule has 0 aromatic carbocycles. The zero-order valence-corrected chi connectivity index (χ0v) is 11.5. The Hall–Kier alpha value is -0.420. The molecular weight excluding hydrogens is 232 g/mol. The minimum absolute atomic E-state index is 0.0698. The van der Waals surface area contributed by atoms with Gasteiger partial charge in [0.15, 0.2) is 0 Å². The lowest BCUT2D eigenvalue weighted by Gasteiger charge is -2.33. The van der Waals surface area contributed by atoms with Gasteiger partial charge in [-0.15, -0.1) is 11.3 Å². The molecule has 0 spiro atoms. The van der Waals surface area contributed by atoms with E-state index in [-0.39, 0.29) is 5.54 Å². The Morgan fingerprint density at radius 3 is 2.71 bits per heavy atom. The molecule has 0 amide bonds. The summed E-state index contributed by atoms with van der Waals surface area (Å²) in [6, 6.07) is 2.26. The number of nitrogens with one attached hydrogen (secondary N) is 1. The molecule has 4 heteroatoms. The molecule has 1 aromatic heterocycles. The average molecular weight is 254 g/mol. The summed E-state index contributed by atoms with van der Waals surface area (Å²) in [7, 11) is 0. The van der Waals surface area contributed by atoms with Crippen molar-refractivity contribution in [2.24, 2.45) is 5.73 Å². The molecule has 96 valence electrons. The van der Waals surface area contributed by atoms with Crippen molar-refractivity contribution < 1.29 is 4.74 Å². The van der Waals surface area contributed by atoms with Gasteiger partial charge < -0.3 is 15.8 Å². The number of ether oxygens (including phenoxy) is 1. The molecule has 2 rings (SSSR count). The first-order chi connectivity index (χ1) is 8.09. The smallest absolute Gasteiger partial charge is 0.0484 e. The highest BCUT2D eigenvalue weighted by molar-refractivity contribution is 7.12. The fraction of sp³-hybridized carbons (Fsp3) is 0.692. The molecule has 0 saturated carbocycles. The molecule has 0 bridgehead atoms. The van der Waals surface area contributed by atoms with E-state index in [0.29, 0.717) is 0 Å². The van der Waals surface area contributed by atoms with Gasteiger partial charge in [-0.3, -0.25) is 0 Å². The molecule has 0 radical (unpaired) electrons. The van der Waals surface area contributed by atoms with Crippen LogP contribution in [-0.2, 0) is 11.3 Å². The molecule has 17 heavy (non-hydrogen) atoms. The van der Waals surface area contributed by atoms with E-state index in [1.54, 1.807) is 0 Å². The van der Waals surface area contributed by atoms with Crippen LogP contribution in [0.5, 0.6) is 0 Å². The quantitative estimate of drug-likeness (QED) is 0.863. The first kappa shape index (κ1) is 13.0. The van der Waals surface area contributed by atoms with Gasteiger partial charge in [0.2, 0.25) is 0 Å². The van der Waals surface area contributed by atoms with Crippen molar-refractivity contribution >= 4 is 11.3 Å². The molecule has 3 nitrogen and oxygen atoms in total. The Bertz CT molecular complexity index is 350. The number of hydrogen-bond donors (Lipinski definition) is 2. The summed E-state index contributed by atoms with van der Waals surface area (Å²) in [6.07, 6.45) is 1.92. The van der Waals surface area contributed by atoms with Gasteiger partial charge >= 0.3 is 0 Å². The first-order valence-electron chi connectivity index (χ1n) is 6.22. The van der Waals surface area contributed by atoms with Crippen molar-refractivity contribution in [3.63, 3.8) is 0 Å². The predicted molar refractivity (Wildman–Crippen MR) is 72.5 cm³/mol. The van der Waals surface area contributed by atoms with Gasteiger partial charge in [-0.05, 0) is 38.3 Å². The van der Waals surface area contributed by atoms with Gasteiger partial charge in [0.1, 0.15) is 0 Å². The lowest BCUT2D eigenvalue weighted by molar-refractivity contribution is 0.0531. The summed E-state index contributed by atoms with van der Waals surface area (Å²) < 4.78 is 5.34. The van der Waals surface area contributed by atoms with E-state index in [2.05, 4.69) is 25.2 Å². The topological polar surface area (TPSA) is 47.3 Å². The largest absolute Gasteiger partial charge is 0.381 e. The van der Waals surface area contributed by atoms with Crippen LogP contribution in [0.3, 0.4) is 0 Å². The maximum absolute atomic E-state index is 6.32. The minimum atomic E-state index is -0.0698. The van der Waals surface area contributed by atoms with Crippen LogP contribution in [0.4, 0.5) is 0 Å². The van der Waals surface area contributed by atoms with Gasteiger partial charge in [0.05, 0.1) is 0 Å². The van der Waals surface area contributed by atoms with Gasteiger partial charge in [0.25, 0.3) is 0 Å². The standard InChI is InChI=1S/C13H22N2OS/c1-10-7-12(17-11(10)2)8-15-9-13(14)3-5-16-6-4-13/h7,15H,3-6,8-9,14H2,1-2H3. The third-order valence-corrected chi connectivity index (χ3v) is 4.63. The fourth-order valence-electron chi connectivity index (χ4n) is 2.13. The van der Waals surface area contributed by atoms with Crippen molar-refractivity contribution in [2.45, 2.75) is 38.8 Å². The molecule has 1 aliphatic heterocycles. The summed E-state index contributed by atoms with van der Waals surface area (Å²) in [5.74, 6) is 0. The Morgan fingerprint density at radius 1 is 1.41 bits per heavy atom. The lowest BCUT2D eigenvalue weighted by Crippen LogP contribution is -2.52. The van der Waals surface area contributed by atoms with E-state index in [4.69, 9.17) is 10.5 Å². The van der Waals surface area contributed by atoms with Crippen molar-refractivity contribution in [3.05, 3.63) is 21.4 Å². The number of hydrogen-bond acceptors (Lipinski definition) is 4. The molecule has 2 heterocycles. The maximum Gasteiger partial charge on any atom is 0.0484 e. The third-order valence-electron chi connectivity index (χ3n) is 3.48. The molecule has 0 atom stereocenters. The molecule has 3 N–H and O–H groups in total. The first-order valence-corrected chi connectivity index (χ1v) is 7.04. The van der Waals surface area contributed by atoms with Crippen LogP contribution < -0.4 is 11.1 Å². The molecule has 1 fully saturated rings. The van der Waals surface area contributed by atoms with Crippen LogP contribution in [0.25, 0.3) is 0 Å². The van der Waals surface area contributed by atoms with E-state index in [9.17, 15) is 0 Å². The van der Waals surface area contributed by atoms with E-state index in [1.165, 1.54) is 15.3 Å². The minimum Gasteiger partial charge on any atom is -0.381 e. The molecular formula is C13H22N2OS. The van der Waals surface area contributed by atoms with Crippen LogP contribution in [0.15, 0.2) is 6.07 Å². The van der Waals surface area contributed by atoms with Crippen LogP contribution >= 0.6 is 11.3 Å². The van der Waals surface area contributed by atoms with Crippen LogP contribution in [0.1, 0.15) is 28.2 Å². The van der Waals surface area contributed by atoms with Crippen molar-refractivity contribution in [3.8, 4) is 0 Å². The summed E-state index contributed by atoms with van der Waals surface area (Å²) in [5.41, 5.74) is 7.64. The van der Waals surface area contributed by atoms with Gasteiger partial charge in [-0.2, -0.15) is 0 Å². The highest BCUT2D eigenvalue weighted by atomic mass is 32.1. The van der Waals surface area contributed by atoms with Gasteiger partial charge in [-0.1, -0.05) is 0 Å². The van der Waals surface area contributed by atoms with Crippen LogP contribution in [-0.4, -0.2) is 25.3 Å². The van der Waals surface area contributed by atoms with Gasteiger partial charge in [0, 0.05) is 41.6 Å². The van der Waals surface area contributed by atoms with Crippen LogP contribution in [0, 0.1) is 13.8 Å². The second-order valence-electron chi connectivity index (χ2n) is 5.03. The Kier molecular flexibility index (Phi) is 4.20. The Labute approximate surface area is 107 Å². The predicted octanol–water partition coefficient (Wildman–Crippen LogP) is 1.96. The van der Waals surface area contributed by atoms with Crippen LogP contribution in [0.2, 0.25) is 0 Å². The maximum atomic E-state index is 6.32. The van der Waals surface area contributed by atoms with E-state index >= 15 is 0 Å².